The van der Waals surface area contributed by atoms with E-state index in [1.54, 1.807) is 17.0 Å². The van der Waals surface area contributed by atoms with Gasteiger partial charge in [0.15, 0.2) is 0 Å². The van der Waals surface area contributed by atoms with Crippen LogP contribution in [0.3, 0.4) is 0 Å². The normalized spacial score (nSPS) is 12.9. The summed E-state index contributed by atoms with van der Waals surface area (Å²) in [6.45, 7) is 0.629. The molecule has 1 aliphatic rings. The van der Waals surface area contributed by atoms with E-state index >= 15 is 0 Å². The van der Waals surface area contributed by atoms with Crippen LogP contribution in [0.1, 0.15) is 15.9 Å². The first kappa shape index (κ1) is 13.2. The summed E-state index contributed by atoms with van der Waals surface area (Å²) in [6, 6.07) is 13.7. The predicted molar refractivity (Wildman–Crippen MR) is 79.9 cm³/mol. The number of aromatic carboxylic acids is 1. The van der Waals surface area contributed by atoms with Crippen molar-refractivity contribution >= 4 is 23.4 Å². The Labute approximate surface area is 121 Å². The molecule has 0 radical (unpaired) electrons. The van der Waals surface area contributed by atoms with Gasteiger partial charge in [0.25, 0.3) is 0 Å². The van der Waals surface area contributed by atoms with E-state index in [1.807, 2.05) is 24.3 Å². The smallest absolute Gasteiger partial charge is 0.335 e. The maximum atomic E-state index is 12.3. The number of para-hydroxylation sites is 1. The van der Waals surface area contributed by atoms with Crippen LogP contribution < -0.4 is 10.2 Å². The molecular weight excluding hydrogens is 268 g/mol. The average Bonchev–Trinajstić information content (AvgIpc) is 2.91. The van der Waals surface area contributed by atoms with Crippen molar-refractivity contribution in [3.8, 4) is 0 Å². The lowest BCUT2D eigenvalue weighted by Crippen LogP contribution is -2.33. The number of carbonyl (C=O) groups is 2. The first-order valence-corrected chi connectivity index (χ1v) is 6.65. The van der Waals surface area contributed by atoms with Gasteiger partial charge in [0.05, 0.1) is 5.56 Å². The molecule has 21 heavy (non-hydrogen) atoms. The zero-order valence-corrected chi connectivity index (χ0v) is 11.2. The predicted octanol–water partition coefficient (Wildman–Crippen LogP) is 2.98. The molecule has 1 aliphatic heterocycles. The molecular formula is C16H14N2O3. The number of nitrogens with one attached hydrogen (secondary N) is 1. The number of hydrogen-bond donors (Lipinski definition) is 2. The number of hydrogen-bond acceptors (Lipinski definition) is 2. The Morgan fingerprint density at radius 1 is 1.10 bits per heavy atom. The van der Waals surface area contributed by atoms with Crippen LogP contribution in [0.25, 0.3) is 0 Å². The standard InChI is InChI=1S/C16H14N2O3/c19-15(20)12-5-3-6-13(10-12)17-16(21)18-9-8-11-4-1-2-7-14(11)18/h1-7,10H,8-9H2,(H,17,21)(H,19,20). The minimum absolute atomic E-state index is 0.148. The molecule has 2 amide bonds. The molecule has 1 heterocycles. The van der Waals surface area contributed by atoms with Crippen LogP contribution in [-0.4, -0.2) is 23.7 Å². The van der Waals surface area contributed by atoms with Gasteiger partial charge in [0, 0.05) is 17.9 Å². The molecule has 0 saturated carbocycles. The Kier molecular flexibility index (Phi) is 3.31. The van der Waals surface area contributed by atoms with Crippen molar-refractivity contribution < 1.29 is 14.7 Å². The lowest BCUT2D eigenvalue weighted by atomic mass is 10.2. The largest absolute Gasteiger partial charge is 0.478 e. The van der Waals surface area contributed by atoms with Crippen LogP contribution in [0.5, 0.6) is 0 Å². The molecule has 3 rings (SSSR count). The lowest BCUT2D eigenvalue weighted by molar-refractivity contribution is 0.0697. The van der Waals surface area contributed by atoms with E-state index in [9.17, 15) is 9.59 Å². The number of amides is 2. The zero-order chi connectivity index (χ0) is 14.8. The molecule has 0 aromatic heterocycles. The highest BCUT2D eigenvalue weighted by molar-refractivity contribution is 6.03. The van der Waals surface area contributed by atoms with E-state index in [0.717, 1.165) is 17.7 Å². The average molecular weight is 282 g/mol. The van der Waals surface area contributed by atoms with Crippen molar-refractivity contribution in [1.29, 1.82) is 0 Å². The molecule has 0 aliphatic carbocycles. The van der Waals surface area contributed by atoms with Gasteiger partial charge in [-0.25, -0.2) is 9.59 Å². The van der Waals surface area contributed by atoms with Gasteiger partial charge in [0.1, 0.15) is 0 Å². The Morgan fingerprint density at radius 2 is 1.90 bits per heavy atom. The van der Waals surface area contributed by atoms with Crippen LogP contribution >= 0.6 is 0 Å². The van der Waals surface area contributed by atoms with E-state index < -0.39 is 5.97 Å². The SMILES string of the molecule is O=C(O)c1cccc(NC(=O)N2CCc3ccccc32)c1. The highest BCUT2D eigenvalue weighted by atomic mass is 16.4. The summed E-state index contributed by atoms with van der Waals surface area (Å²) in [5, 5.41) is 11.7. The van der Waals surface area contributed by atoms with E-state index in [2.05, 4.69) is 5.32 Å². The minimum Gasteiger partial charge on any atom is -0.478 e. The Morgan fingerprint density at radius 3 is 2.71 bits per heavy atom. The van der Waals surface area contributed by atoms with Gasteiger partial charge in [-0.1, -0.05) is 24.3 Å². The fraction of sp³-hybridized carbons (Fsp3) is 0.125. The Hall–Kier alpha value is -2.82. The summed E-state index contributed by atoms with van der Waals surface area (Å²) in [7, 11) is 0. The molecule has 0 saturated heterocycles. The second-order valence-corrected chi connectivity index (χ2v) is 4.85. The molecule has 2 aromatic carbocycles. The molecule has 0 fully saturated rings. The third-order valence-corrected chi connectivity index (χ3v) is 3.49. The summed E-state index contributed by atoms with van der Waals surface area (Å²) in [4.78, 5) is 24.9. The van der Waals surface area contributed by atoms with Crippen molar-refractivity contribution in [3.05, 3.63) is 59.7 Å². The first-order chi connectivity index (χ1) is 10.1. The van der Waals surface area contributed by atoms with Gasteiger partial charge in [-0.05, 0) is 36.2 Å². The van der Waals surface area contributed by atoms with E-state index in [0.29, 0.717) is 12.2 Å². The lowest BCUT2D eigenvalue weighted by Gasteiger charge is -2.18. The fourth-order valence-electron chi connectivity index (χ4n) is 2.47. The van der Waals surface area contributed by atoms with Gasteiger partial charge in [0.2, 0.25) is 0 Å². The Balaban J connectivity index is 1.79. The second kappa shape index (κ2) is 5.28. The topological polar surface area (TPSA) is 69.6 Å². The van der Waals surface area contributed by atoms with Gasteiger partial charge in [-0.15, -0.1) is 0 Å². The van der Waals surface area contributed by atoms with Crippen molar-refractivity contribution in [2.45, 2.75) is 6.42 Å². The number of rotatable bonds is 2. The number of carboxylic acids is 1. The number of carbonyl (C=O) groups excluding carboxylic acids is 1. The highest BCUT2D eigenvalue weighted by Gasteiger charge is 2.24. The molecule has 0 bridgehead atoms. The van der Waals surface area contributed by atoms with E-state index in [1.165, 1.54) is 12.1 Å². The monoisotopic (exact) mass is 282 g/mol. The molecule has 0 spiro atoms. The second-order valence-electron chi connectivity index (χ2n) is 4.85. The molecule has 2 N–H and O–H groups in total. The number of anilines is 2. The number of carboxylic acid groups (broad SMARTS) is 1. The third-order valence-electron chi connectivity index (χ3n) is 3.49. The van der Waals surface area contributed by atoms with Gasteiger partial charge in [-0.3, -0.25) is 4.90 Å². The quantitative estimate of drug-likeness (QED) is 0.889. The van der Waals surface area contributed by atoms with Crippen LogP contribution in [-0.2, 0) is 6.42 Å². The Bertz CT molecular complexity index is 712. The minimum atomic E-state index is -1.02. The highest BCUT2D eigenvalue weighted by Crippen LogP contribution is 2.28. The number of urea groups is 1. The summed E-state index contributed by atoms with van der Waals surface area (Å²) in [6.07, 6.45) is 0.832. The fourth-order valence-corrected chi connectivity index (χ4v) is 2.47. The van der Waals surface area contributed by atoms with Gasteiger partial charge < -0.3 is 10.4 Å². The van der Waals surface area contributed by atoms with Crippen LogP contribution in [0.2, 0.25) is 0 Å². The summed E-state index contributed by atoms with van der Waals surface area (Å²) >= 11 is 0. The maximum absolute atomic E-state index is 12.3. The molecule has 5 nitrogen and oxygen atoms in total. The number of fused-ring (bicyclic) bond motifs is 1. The summed E-state index contributed by atoms with van der Waals surface area (Å²) in [5.41, 5.74) is 2.68. The van der Waals surface area contributed by atoms with Crippen LogP contribution in [0.4, 0.5) is 16.2 Å². The first-order valence-electron chi connectivity index (χ1n) is 6.65. The summed E-state index contributed by atoms with van der Waals surface area (Å²) in [5.74, 6) is -1.02. The number of benzene rings is 2. The van der Waals surface area contributed by atoms with Gasteiger partial charge in [-0.2, -0.15) is 0 Å². The van der Waals surface area contributed by atoms with Crippen LogP contribution in [0.15, 0.2) is 48.5 Å². The molecule has 5 heteroatoms. The van der Waals surface area contributed by atoms with E-state index in [4.69, 9.17) is 5.11 Å². The van der Waals surface area contributed by atoms with E-state index in [-0.39, 0.29) is 11.6 Å². The van der Waals surface area contributed by atoms with Gasteiger partial charge >= 0.3 is 12.0 Å². The number of nitrogens with zero attached hydrogens (tertiary/aromatic N) is 1. The molecule has 0 atom stereocenters. The molecule has 0 unspecified atom stereocenters. The zero-order valence-electron chi connectivity index (χ0n) is 11.2. The van der Waals surface area contributed by atoms with Crippen LogP contribution in [0, 0.1) is 0 Å². The van der Waals surface area contributed by atoms with Crippen molar-refractivity contribution in [1.82, 2.24) is 0 Å². The maximum Gasteiger partial charge on any atom is 0.335 e. The van der Waals surface area contributed by atoms with Crippen molar-refractivity contribution in [3.63, 3.8) is 0 Å². The third kappa shape index (κ3) is 2.58. The summed E-state index contributed by atoms with van der Waals surface area (Å²) < 4.78 is 0. The molecule has 2 aromatic rings. The molecule has 106 valence electrons. The van der Waals surface area contributed by atoms with Crippen molar-refractivity contribution in [2.75, 3.05) is 16.8 Å². The van der Waals surface area contributed by atoms with Crippen molar-refractivity contribution in [2.24, 2.45) is 0 Å².